The molecule has 1 aliphatic heterocycles. The van der Waals surface area contributed by atoms with Crippen LogP contribution in [-0.4, -0.2) is 62.9 Å². The van der Waals surface area contributed by atoms with Gasteiger partial charge < -0.3 is 25.8 Å². The van der Waals surface area contributed by atoms with E-state index in [1.165, 1.54) is 0 Å². The van der Waals surface area contributed by atoms with Gasteiger partial charge in [-0.1, -0.05) is 0 Å². The van der Waals surface area contributed by atoms with Crippen LogP contribution in [0.4, 0.5) is 0 Å². The summed E-state index contributed by atoms with van der Waals surface area (Å²) in [5.41, 5.74) is 10.8. The van der Waals surface area contributed by atoms with Crippen molar-refractivity contribution in [2.75, 3.05) is 46.0 Å². The Hall–Kier alpha value is -0.690. The van der Waals surface area contributed by atoms with Crippen molar-refractivity contribution in [3.63, 3.8) is 0 Å². The zero-order valence-corrected chi connectivity index (χ0v) is 9.56. The first-order chi connectivity index (χ1) is 7.77. The van der Waals surface area contributed by atoms with E-state index in [4.69, 9.17) is 20.9 Å². The van der Waals surface area contributed by atoms with Crippen LogP contribution in [0, 0.1) is 0 Å². The maximum atomic E-state index is 11.7. The molecule has 1 amide bonds. The summed E-state index contributed by atoms with van der Waals surface area (Å²) < 4.78 is 10.6. The molecule has 0 spiro atoms. The molecular weight excluding hydrogens is 210 g/mol. The van der Waals surface area contributed by atoms with Crippen LogP contribution in [0.1, 0.15) is 6.42 Å². The first-order valence-corrected chi connectivity index (χ1v) is 5.65. The van der Waals surface area contributed by atoms with Crippen LogP contribution in [0.2, 0.25) is 0 Å². The van der Waals surface area contributed by atoms with E-state index in [0.717, 1.165) is 6.42 Å². The SMILES string of the molecule is NCCCOCC(=O)N1CCOC(CN)C1. The second-order valence-electron chi connectivity index (χ2n) is 3.76. The predicted octanol–water partition coefficient (Wildman–Crippen LogP) is -1.46. The first-order valence-electron chi connectivity index (χ1n) is 5.65. The largest absolute Gasteiger partial charge is 0.373 e. The van der Waals surface area contributed by atoms with E-state index in [1.54, 1.807) is 4.90 Å². The van der Waals surface area contributed by atoms with E-state index in [0.29, 0.717) is 39.4 Å². The van der Waals surface area contributed by atoms with Crippen molar-refractivity contribution >= 4 is 5.91 Å². The summed E-state index contributed by atoms with van der Waals surface area (Å²) in [7, 11) is 0. The number of ether oxygens (including phenoxy) is 2. The van der Waals surface area contributed by atoms with Gasteiger partial charge in [0.05, 0.1) is 12.7 Å². The van der Waals surface area contributed by atoms with Gasteiger partial charge >= 0.3 is 0 Å². The molecular formula is C10H21N3O3. The lowest BCUT2D eigenvalue weighted by atomic mass is 10.2. The third-order valence-electron chi connectivity index (χ3n) is 2.47. The molecule has 1 atom stereocenters. The number of morpholine rings is 1. The van der Waals surface area contributed by atoms with Gasteiger partial charge in [-0.15, -0.1) is 0 Å². The topological polar surface area (TPSA) is 90.8 Å². The summed E-state index contributed by atoms with van der Waals surface area (Å²) in [6.07, 6.45) is 0.740. The molecule has 1 saturated heterocycles. The fourth-order valence-electron chi connectivity index (χ4n) is 1.52. The van der Waals surface area contributed by atoms with Gasteiger partial charge in [0.25, 0.3) is 0 Å². The molecule has 0 aliphatic carbocycles. The van der Waals surface area contributed by atoms with Gasteiger partial charge in [0.2, 0.25) is 5.91 Å². The zero-order valence-electron chi connectivity index (χ0n) is 9.56. The normalized spacial score (nSPS) is 21.1. The van der Waals surface area contributed by atoms with Gasteiger partial charge in [0, 0.05) is 26.2 Å². The molecule has 0 aromatic heterocycles. The summed E-state index contributed by atoms with van der Waals surface area (Å²) in [5.74, 6) is -0.00114. The van der Waals surface area contributed by atoms with E-state index < -0.39 is 0 Å². The van der Waals surface area contributed by atoms with Gasteiger partial charge in [-0.25, -0.2) is 0 Å². The maximum Gasteiger partial charge on any atom is 0.248 e. The molecule has 0 saturated carbocycles. The number of hydrogen-bond acceptors (Lipinski definition) is 5. The van der Waals surface area contributed by atoms with Crippen molar-refractivity contribution in [2.24, 2.45) is 11.5 Å². The molecule has 1 aliphatic rings. The summed E-state index contributed by atoms with van der Waals surface area (Å²) in [4.78, 5) is 13.4. The Balaban J connectivity index is 2.19. The van der Waals surface area contributed by atoms with Crippen molar-refractivity contribution in [3.05, 3.63) is 0 Å². The standard InChI is InChI=1S/C10H21N3O3/c11-2-1-4-15-8-10(14)13-3-5-16-9(6-12)7-13/h9H,1-8,11-12H2. The second-order valence-corrected chi connectivity index (χ2v) is 3.76. The van der Waals surface area contributed by atoms with Crippen molar-refractivity contribution in [2.45, 2.75) is 12.5 Å². The average molecular weight is 231 g/mol. The summed E-state index contributed by atoms with van der Waals surface area (Å²) in [6.45, 7) is 3.42. The Morgan fingerprint density at radius 1 is 1.50 bits per heavy atom. The van der Waals surface area contributed by atoms with E-state index in [2.05, 4.69) is 0 Å². The fourth-order valence-corrected chi connectivity index (χ4v) is 1.52. The van der Waals surface area contributed by atoms with Crippen LogP contribution in [0.15, 0.2) is 0 Å². The molecule has 16 heavy (non-hydrogen) atoms. The third kappa shape index (κ3) is 4.44. The van der Waals surface area contributed by atoms with Crippen LogP contribution in [0.25, 0.3) is 0 Å². The molecule has 1 fully saturated rings. The number of amides is 1. The van der Waals surface area contributed by atoms with E-state index in [9.17, 15) is 4.79 Å². The predicted molar refractivity (Wildman–Crippen MR) is 59.9 cm³/mol. The Labute approximate surface area is 95.8 Å². The minimum atomic E-state index is -0.0401. The molecule has 4 N–H and O–H groups in total. The van der Waals surface area contributed by atoms with Gasteiger partial charge in [-0.2, -0.15) is 0 Å². The number of rotatable bonds is 6. The van der Waals surface area contributed by atoms with Crippen molar-refractivity contribution < 1.29 is 14.3 Å². The van der Waals surface area contributed by atoms with Crippen molar-refractivity contribution in [3.8, 4) is 0 Å². The Kier molecular flexibility index (Phi) is 6.32. The lowest BCUT2D eigenvalue weighted by molar-refractivity contribution is -0.143. The number of carbonyl (C=O) groups is 1. The molecule has 0 radical (unpaired) electrons. The Morgan fingerprint density at radius 3 is 3.00 bits per heavy atom. The second kappa shape index (κ2) is 7.56. The van der Waals surface area contributed by atoms with Crippen LogP contribution in [0.5, 0.6) is 0 Å². The van der Waals surface area contributed by atoms with Gasteiger partial charge in [0.1, 0.15) is 6.61 Å². The summed E-state index contributed by atoms with van der Waals surface area (Å²) in [6, 6.07) is 0. The molecule has 0 bridgehead atoms. The average Bonchev–Trinajstić information content (AvgIpc) is 2.34. The Morgan fingerprint density at radius 2 is 2.31 bits per heavy atom. The summed E-state index contributed by atoms with van der Waals surface area (Å²) in [5, 5.41) is 0. The molecule has 94 valence electrons. The molecule has 6 heteroatoms. The van der Waals surface area contributed by atoms with Gasteiger partial charge in [-0.05, 0) is 13.0 Å². The quantitative estimate of drug-likeness (QED) is 0.545. The van der Waals surface area contributed by atoms with Crippen LogP contribution in [0.3, 0.4) is 0 Å². The smallest absolute Gasteiger partial charge is 0.248 e. The van der Waals surface area contributed by atoms with Crippen molar-refractivity contribution in [1.29, 1.82) is 0 Å². The maximum absolute atomic E-state index is 11.7. The lowest BCUT2D eigenvalue weighted by Gasteiger charge is -2.32. The third-order valence-corrected chi connectivity index (χ3v) is 2.47. The highest BCUT2D eigenvalue weighted by molar-refractivity contribution is 5.77. The monoisotopic (exact) mass is 231 g/mol. The molecule has 1 rings (SSSR count). The molecule has 0 aromatic rings. The first kappa shape index (κ1) is 13.4. The molecule has 1 heterocycles. The minimum Gasteiger partial charge on any atom is -0.373 e. The van der Waals surface area contributed by atoms with Gasteiger partial charge in [0.15, 0.2) is 0 Å². The number of nitrogens with zero attached hydrogens (tertiary/aromatic N) is 1. The highest BCUT2D eigenvalue weighted by Crippen LogP contribution is 2.04. The van der Waals surface area contributed by atoms with Crippen LogP contribution >= 0.6 is 0 Å². The van der Waals surface area contributed by atoms with Crippen molar-refractivity contribution in [1.82, 2.24) is 4.90 Å². The minimum absolute atomic E-state index is 0.00114. The molecule has 0 aromatic carbocycles. The summed E-state index contributed by atoms with van der Waals surface area (Å²) >= 11 is 0. The highest BCUT2D eigenvalue weighted by atomic mass is 16.5. The Bertz CT molecular complexity index is 213. The van der Waals surface area contributed by atoms with Crippen LogP contribution < -0.4 is 11.5 Å². The highest BCUT2D eigenvalue weighted by Gasteiger charge is 2.22. The van der Waals surface area contributed by atoms with Gasteiger partial charge in [-0.3, -0.25) is 4.79 Å². The van der Waals surface area contributed by atoms with Crippen LogP contribution in [-0.2, 0) is 14.3 Å². The van der Waals surface area contributed by atoms with E-state index >= 15 is 0 Å². The zero-order chi connectivity index (χ0) is 11.8. The van der Waals surface area contributed by atoms with E-state index in [1.807, 2.05) is 0 Å². The molecule has 1 unspecified atom stereocenters. The molecule has 6 nitrogen and oxygen atoms in total. The fraction of sp³-hybridized carbons (Fsp3) is 0.900. The lowest BCUT2D eigenvalue weighted by Crippen LogP contribution is -2.49. The number of nitrogens with two attached hydrogens (primary N) is 2. The number of carbonyl (C=O) groups excluding carboxylic acids is 1. The van der Waals surface area contributed by atoms with E-state index in [-0.39, 0.29) is 18.6 Å². The number of hydrogen-bond donors (Lipinski definition) is 2.